The van der Waals surface area contributed by atoms with Crippen molar-refractivity contribution in [1.82, 2.24) is 31.2 Å². The summed E-state index contributed by atoms with van der Waals surface area (Å²) < 4.78 is 0. The van der Waals surface area contributed by atoms with Gasteiger partial charge in [0.2, 0.25) is 23.5 Å². The van der Waals surface area contributed by atoms with Gasteiger partial charge in [0, 0.05) is 17.8 Å². The molecule has 5 aliphatic rings. The van der Waals surface area contributed by atoms with Crippen LogP contribution in [0, 0.1) is 37.0 Å². The maximum absolute atomic E-state index is 14.8. The first kappa shape index (κ1) is 38.7. The highest BCUT2D eigenvalue weighted by Gasteiger charge is 2.62. The number of aryl methyl sites for hydroxylation is 1. The van der Waals surface area contributed by atoms with E-state index in [1.807, 2.05) is 20.8 Å². The zero-order valence-electron chi connectivity index (χ0n) is 32.2. The first-order valence-corrected chi connectivity index (χ1v) is 19.9. The molecular formula is C40H58N6O7. The Bertz CT molecular complexity index is 1660. The molecule has 5 fully saturated rings. The average Bonchev–Trinajstić information content (AvgIpc) is 3.77. The van der Waals surface area contributed by atoms with Gasteiger partial charge in [0.05, 0.1) is 11.6 Å². The van der Waals surface area contributed by atoms with Gasteiger partial charge in [0.15, 0.2) is 5.78 Å². The molecule has 3 saturated carbocycles. The second-order valence-electron chi connectivity index (χ2n) is 17.0. The quantitative estimate of drug-likeness (QED) is 0.151. The van der Waals surface area contributed by atoms with Crippen molar-refractivity contribution in [3.63, 3.8) is 0 Å². The number of Topliss-reactive ketones (excluding diaryl/α,β-unsaturated/α-hetero) is 2. The number of aromatic nitrogens is 1. The Hall–Kier alpha value is -4.03. The molecule has 3 aliphatic carbocycles. The molecule has 7 atom stereocenters. The fourth-order valence-electron chi connectivity index (χ4n) is 9.94. The third kappa shape index (κ3) is 7.54. The van der Waals surface area contributed by atoms with Crippen molar-refractivity contribution in [3.05, 3.63) is 22.5 Å². The first-order valence-electron chi connectivity index (χ1n) is 19.9. The van der Waals surface area contributed by atoms with E-state index in [-0.39, 0.29) is 47.2 Å². The highest BCUT2D eigenvalue weighted by Crippen LogP contribution is 2.54. The van der Waals surface area contributed by atoms with Gasteiger partial charge in [-0.05, 0) is 101 Å². The number of rotatable bonds is 13. The number of aromatic amines is 1. The summed E-state index contributed by atoms with van der Waals surface area (Å²) in [6.07, 6.45) is 9.97. The topological polar surface area (TPSA) is 187 Å². The van der Waals surface area contributed by atoms with Gasteiger partial charge < -0.3 is 31.2 Å². The molecule has 13 heteroatoms. The minimum atomic E-state index is -0.993. The van der Waals surface area contributed by atoms with Crippen molar-refractivity contribution < 1.29 is 33.6 Å². The Balaban J connectivity index is 1.25. The van der Waals surface area contributed by atoms with Crippen molar-refractivity contribution in [1.29, 1.82) is 0 Å². The largest absolute Gasteiger partial charge is 0.354 e. The number of ketones is 2. The molecule has 1 aromatic heterocycles. The van der Waals surface area contributed by atoms with E-state index < -0.39 is 59.0 Å². The van der Waals surface area contributed by atoms with E-state index in [1.54, 1.807) is 18.7 Å². The van der Waals surface area contributed by atoms with Gasteiger partial charge in [0.1, 0.15) is 23.8 Å². The molecule has 0 bridgehead atoms. The Kier molecular flexibility index (Phi) is 11.2. The van der Waals surface area contributed by atoms with Crippen LogP contribution in [-0.4, -0.2) is 87.2 Å². The molecule has 0 spiro atoms. The van der Waals surface area contributed by atoms with E-state index in [4.69, 9.17) is 0 Å². The zero-order chi connectivity index (χ0) is 38.4. The van der Waals surface area contributed by atoms with Gasteiger partial charge in [-0.15, -0.1) is 0 Å². The summed E-state index contributed by atoms with van der Waals surface area (Å²) >= 11 is 0. The highest BCUT2D eigenvalue weighted by molar-refractivity contribution is 6.38. The molecule has 3 heterocycles. The van der Waals surface area contributed by atoms with Crippen LogP contribution < -0.4 is 21.3 Å². The van der Waals surface area contributed by atoms with Gasteiger partial charge >= 0.3 is 0 Å². The van der Waals surface area contributed by atoms with Gasteiger partial charge in [-0.2, -0.15) is 0 Å². The van der Waals surface area contributed by atoms with Crippen molar-refractivity contribution in [2.45, 2.75) is 161 Å². The smallest absolute Gasteiger partial charge is 0.289 e. The molecule has 2 aliphatic heterocycles. The molecule has 5 amide bonds. The van der Waals surface area contributed by atoms with Crippen LogP contribution >= 0.6 is 0 Å². The van der Waals surface area contributed by atoms with Crippen molar-refractivity contribution in [2.24, 2.45) is 23.2 Å². The lowest BCUT2D eigenvalue weighted by atomic mass is 9.60. The third-order valence-corrected chi connectivity index (χ3v) is 13.1. The molecule has 290 valence electrons. The first-order chi connectivity index (χ1) is 25.1. The van der Waals surface area contributed by atoms with Crippen LogP contribution in [-0.2, 0) is 24.0 Å². The predicted octanol–water partition coefficient (Wildman–Crippen LogP) is 3.56. The lowest BCUT2D eigenvalue weighted by molar-refractivity contribution is -0.160. The predicted molar refractivity (Wildman–Crippen MR) is 197 cm³/mol. The number of nitrogens with one attached hydrogen (secondary N) is 5. The highest BCUT2D eigenvalue weighted by atomic mass is 16.2. The number of piperidine rings is 1. The molecule has 1 unspecified atom stereocenters. The van der Waals surface area contributed by atoms with Crippen LogP contribution in [0.2, 0.25) is 0 Å². The lowest BCUT2D eigenvalue weighted by Crippen LogP contribution is -2.70. The summed E-state index contributed by atoms with van der Waals surface area (Å²) in [7, 11) is 0. The number of amides is 5. The van der Waals surface area contributed by atoms with E-state index in [2.05, 4.69) is 26.3 Å². The van der Waals surface area contributed by atoms with Crippen molar-refractivity contribution >= 4 is 41.1 Å². The summed E-state index contributed by atoms with van der Waals surface area (Å²) in [5.74, 6) is -3.46. The second-order valence-corrected chi connectivity index (χ2v) is 17.0. The van der Waals surface area contributed by atoms with Gasteiger partial charge in [-0.25, -0.2) is 0 Å². The van der Waals surface area contributed by atoms with Crippen molar-refractivity contribution in [2.75, 3.05) is 0 Å². The van der Waals surface area contributed by atoms with Crippen molar-refractivity contribution in [3.8, 4) is 0 Å². The third-order valence-electron chi connectivity index (χ3n) is 13.1. The summed E-state index contributed by atoms with van der Waals surface area (Å²) in [5.41, 5.74) is 1.16. The monoisotopic (exact) mass is 734 g/mol. The van der Waals surface area contributed by atoms with Crippen LogP contribution in [0.4, 0.5) is 0 Å². The van der Waals surface area contributed by atoms with Gasteiger partial charge in [-0.3, -0.25) is 33.6 Å². The van der Waals surface area contributed by atoms with E-state index in [0.29, 0.717) is 36.1 Å². The molecule has 0 radical (unpaired) electrons. The normalized spacial score (nSPS) is 27.6. The van der Waals surface area contributed by atoms with E-state index in [1.165, 1.54) is 6.92 Å². The SMILES string of the molecule is CCC[C@H](NC(=O)[C@@H]1C[C@@H]2CCCC3[C@@H]2N1C(=O)[C@@H](NC(=O)[C@@H](NC(=O)c1[nH]c(C)c(C)c1C(C)=O)C1CCCCC1)C3(C)C)C(=O)C(=O)NC1CC1. The number of nitrogens with zero attached hydrogens (tertiary/aromatic N) is 1. The lowest BCUT2D eigenvalue weighted by Gasteiger charge is -2.55. The van der Waals surface area contributed by atoms with Crippen LogP contribution in [0.1, 0.15) is 143 Å². The zero-order valence-corrected chi connectivity index (χ0v) is 32.2. The average molecular weight is 735 g/mol. The Morgan fingerprint density at radius 2 is 1.60 bits per heavy atom. The molecule has 13 nitrogen and oxygen atoms in total. The fraction of sp³-hybridized carbons (Fsp3) is 0.725. The molecular weight excluding hydrogens is 676 g/mol. The molecule has 5 N–H and O–H groups in total. The summed E-state index contributed by atoms with van der Waals surface area (Å²) in [6, 6.07) is -3.92. The summed E-state index contributed by atoms with van der Waals surface area (Å²) in [5, 5.41) is 11.7. The standard InChI is InChI=1S/C40H58N6O7/c1-7-12-27(33(48)38(52)42-25-17-18-25)43-35(49)28-19-24-15-11-16-26-32(24)46(28)39(53)34(40(26,5)6)45-36(50)30(23-13-9-8-10-14-23)44-37(51)31-29(22(4)47)20(2)21(3)41-31/h23-28,30,32,34,41H,7-19H2,1-6H3,(H,42,52)(H,43,49)(H,44,51)(H,45,50)/t24-,26?,27-,28-,30-,32+,34+/m0/s1. The number of hydrogen-bond acceptors (Lipinski definition) is 7. The van der Waals surface area contributed by atoms with E-state index in [9.17, 15) is 33.6 Å². The van der Waals surface area contributed by atoms with Crippen LogP contribution in [0.5, 0.6) is 0 Å². The number of carbonyl (C=O) groups excluding carboxylic acids is 7. The molecule has 6 rings (SSSR count). The summed E-state index contributed by atoms with van der Waals surface area (Å²) in [4.78, 5) is 100. The summed E-state index contributed by atoms with van der Waals surface area (Å²) in [6.45, 7) is 10.9. The van der Waals surface area contributed by atoms with Gasteiger partial charge in [-0.1, -0.05) is 52.9 Å². The number of hydrogen-bond donors (Lipinski definition) is 5. The Morgan fingerprint density at radius 1 is 0.906 bits per heavy atom. The molecule has 2 saturated heterocycles. The van der Waals surface area contributed by atoms with E-state index >= 15 is 0 Å². The maximum Gasteiger partial charge on any atom is 0.289 e. The molecule has 0 aromatic carbocycles. The number of carbonyl (C=O) groups is 7. The van der Waals surface area contributed by atoms with Crippen LogP contribution in [0.3, 0.4) is 0 Å². The second kappa shape index (κ2) is 15.4. The minimum absolute atomic E-state index is 0.00477. The van der Waals surface area contributed by atoms with Crippen LogP contribution in [0.15, 0.2) is 0 Å². The maximum atomic E-state index is 14.8. The molecule has 1 aromatic rings. The Labute approximate surface area is 312 Å². The van der Waals surface area contributed by atoms with Gasteiger partial charge in [0.25, 0.3) is 11.8 Å². The fourth-order valence-corrected chi connectivity index (χ4v) is 9.94. The number of H-pyrrole nitrogens is 1. The Morgan fingerprint density at radius 3 is 2.25 bits per heavy atom. The van der Waals surface area contributed by atoms with E-state index in [0.717, 1.165) is 64.2 Å². The minimum Gasteiger partial charge on any atom is -0.354 e. The van der Waals surface area contributed by atoms with Crippen LogP contribution in [0.25, 0.3) is 0 Å². The molecule has 53 heavy (non-hydrogen) atoms.